The zero-order valence-corrected chi connectivity index (χ0v) is 6.32. The average molecular weight is 150 g/mol. The van der Waals surface area contributed by atoms with E-state index in [0.29, 0.717) is 11.4 Å². The molecule has 1 aromatic carbocycles. The molecule has 2 N–H and O–H groups in total. The van der Waals surface area contributed by atoms with Crippen molar-refractivity contribution in [3.8, 4) is 0 Å². The molecule has 0 saturated carbocycles. The number of rotatable bonds is 2. The number of nitrogens with two attached hydrogens (primary N) is 1. The van der Waals surface area contributed by atoms with Crippen molar-refractivity contribution in [2.24, 2.45) is 5.73 Å². The molecule has 0 aliphatic rings. The normalized spacial score (nSPS) is 9.20. The van der Waals surface area contributed by atoms with E-state index in [0.717, 1.165) is 5.56 Å². The molecule has 51 valence electrons. The van der Waals surface area contributed by atoms with Crippen molar-refractivity contribution < 1.29 is 0 Å². The summed E-state index contributed by atoms with van der Waals surface area (Å²) < 4.78 is 0. The van der Waals surface area contributed by atoms with Crippen molar-refractivity contribution >= 4 is 17.2 Å². The van der Waals surface area contributed by atoms with E-state index in [1.165, 1.54) is 0 Å². The summed E-state index contributed by atoms with van der Waals surface area (Å²) in [6, 6.07) is 10.7. The number of hydrogen-bond donors (Lipinski definition) is 1. The first-order valence-corrected chi connectivity index (χ1v) is 3.44. The first-order chi connectivity index (χ1) is 4.79. The van der Waals surface area contributed by atoms with E-state index < -0.39 is 0 Å². The second-order valence-corrected chi connectivity index (χ2v) is 2.56. The van der Waals surface area contributed by atoms with Crippen LogP contribution >= 0.6 is 12.2 Å². The van der Waals surface area contributed by atoms with Gasteiger partial charge in [-0.2, -0.15) is 0 Å². The maximum Gasteiger partial charge on any atom is 0.0771 e. The molecule has 0 saturated heterocycles. The van der Waals surface area contributed by atoms with Crippen molar-refractivity contribution in [3.63, 3.8) is 0 Å². The number of benzene rings is 1. The minimum atomic E-state index is 0.516. The van der Waals surface area contributed by atoms with E-state index in [4.69, 9.17) is 18.0 Å². The van der Waals surface area contributed by atoms with E-state index in [2.05, 4.69) is 6.07 Å². The molecule has 0 spiro atoms. The lowest BCUT2D eigenvalue weighted by atomic mass is 10.2. The minimum Gasteiger partial charge on any atom is -0.393 e. The van der Waals surface area contributed by atoms with Gasteiger partial charge < -0.3 is 5.73 Å². The fourth-order valence-electron chi connectivity index (χ4n) is 0.728. The predicted octanol–water partition coefficient (Wildman–Crippen LogP) is 1.32. The highest BCUT2D eigenvalue weighted by atomic mass is 32.1. The number of thiocarbonyl (C=S) groups is 1. The predicted molar refractivity (Wildman–Crippen MR) is 45.8 cm³/mol. The van der Waals surface area contributed by atoms with Gasteiger partial charge >= 0.3 is 0 Å². The van der Waals surface area contributed by atoms with Gasteiger partial charge in [0.2, 0.25) is 0 Å². The Balaban J connectivity index is 2.67. The lowest BCUT2D eigenvalue weighted by molar-refractivity contribution is 1.32. The largest absolute Gasteiger partial charge is 0.393 e. The van der Waals surface area contributed by atoms with Crippen LogP contribution < -0.4 is 5.73 Å². The van der Waals surface area contributed by atoms with Gasteiger partial charge in [-0.1, -0.05) is 36.5 Å². The van der Waals surface area contributed by atoms with E-state index in [1.54, 1.807) is 0 Å². The summed E-state index contributed by atoms with van der Waals surface area (Å²) in [6.45, 7) is 0. The Morgan fingerprint density at radius 1 is 1.60 bits per heavy atom. The highest BCUT2D eigenvalue weighted by molar-refractivity contribution is 7.80. The van der Waals surface area contributed by atoms with Gasteiger partial charge in [0.05, 0.1) is 4.99 Å². The molecular formula is C8H8NS. The molecule has 1 radical (unpaired) electrons. The van der Waals surface area contributed by atoms with Crippen LogP contribution in [-0.2, 0) is 6.42 Å². The van der Waals surface area contributed by atoms with E-state index in [-0.39, 0.29) is 0 Å². The first-order valence-electron chi connectivity index (χ1n) is 3.03. The van der Waals surface area contributed by atoms with Crippen LogP contribution in [0.3, 0.4) is 0 Å². The monoisotopic (exact) mass is 150 g/mol. The van der Waals surface area contributed by atoms with Crippen LogP contribution in [0.1, 0.15) is 5.56 Å². The number of hydrogen-bond acceptors (Lipinski definition) is 1. The molecule has 0 heterocycles. The van der Waals surface area contributed by atoms with Crippen LogP contribution in [0.4, 0.5) is 0 Å². The maximum absolute atomic E-state index is 5.34. The molecule has 0 aliphatic heterocycles. The van der Waals surface area contributed by atoms with Crippen LogP contribution in [-0.4, -0.2) is 4.99 Å². The zero-order valence-electron chi connectivity index (χ0n) is 5.50. The molecule has 1 rings (SSSR count). The van der Waals surface area contributed by atoms with Crippen molar-refractivity contribution in [1.29, 1.82) is 0 Å². The van der Waals surface area contributed by atoms with Gasteiger partial charge in [-0.15, -0.1) is 0 Å². The Hall–Kier alpha value is -0.890. The molecule has 1 nitrogen and oxygen atoms in total. The third kappa shape index (κ3) is 2.15. The van der Waals surface area contributed by atoms with E-state index in [1.807, 2.05) is 24.3 Å². The standard InChI is InChI=1S/C8H8NS/c9-8(10)6-7-4-2-1-3-5-7/h1-4H,6H2,(H2,9,10). The Morgan fingerprint density at radius 3 is 2.90 bits per heavy atom. The second kappa shape index (κ2) is 3.32. The van der Waals surface area contributed by atoms with Gasteiger partial charge in [0, 0.05) is 6.42 Å². The summed E-state index contributed by atoms with van der Waals surface area (Å²) >= 11 is 4.74. The van der Waals surface area contributed by atoms with Crippen LogP contribution in [0.25, 0.3) is 0 Å². The Morgan fingerprint density at radius 2 is 2.40 bits per heavy atom. The molecule has 0 aliphatic carbocycles. The molecule has 0 fully saturated rings. The lowest BCUT2D eigenvalue weighted by Crippen LogP contribution is -2.10. The molecule has 0 atom stereocenters. The summed E-state index contributed by atoms with van der Waals surface area (Å²) in [5, 5.41) is 0. The third-order valence-corrected chi connectivity index (χ3v) is 1.28. The molecular weight excluding hydrogens is 142 g/mol. The summed E-state index contributed by atoms with van der Waals surface area (Å²) in [4.78, 5) is 0.516. The Bertz CT molecular complexity index is 218. The van der Waals surface area contributed by atoms with Crippen molar-refractivity contribution in [1.82, 2.24) is 0 Å². The van der Waals surface area contributed by atoms with Gasteiger partial charge in [0.1, 0.15) is 0 Å². The molecule has 1 aromatic rings. The first kappa shape index (κ1) is 7.22. The van der Waals surface area contributed by atoms with Crippen molar-refractivity contribution in [3.05, 3.63) is 35.9 Å². The van der Waals surface area contributed by atoms with Gasteiger partial charge in [-0.05, 0) is 11.6 Å². The van der Waals surface area contributed by atoms with Gasteiger partial charge in [0.15, 0.2) is 0 Å². The molecule has 0 aromatic heterocycles. The SMILES string of the molecule is NC(=S)Cc1[c]cccc1. The van der Waals surface area contributed by atoms with Crippen LogP contribution in [0.2, 0.25) is 0 Å². The Kier molecular flexibility index (Phi) is 2.40. The van der Waals surface area contributed by atoms with Crippen molar-refractivity contribution in [2.75, 3.05) is 0 Å². The zero-order chi connectivity index (χ0) is 7.40. The summed E-state index contributed by atoms with van der Waals surface area (Å²) in [5.41, 5.74) is 6.39. The smallest absolute Gasteiger partial charge is 0.0771 e. The van der Waals surface area contributed by atoms with Crippen molar-refractivity contribution in [2.45, 2.75) is 6.42 Å². The fourth-order valence-corrected chi connectivity index (χ4v) is 0.884. The highest BCUT2D eigenvalue weighted by Crippen LogP contribution is 1.97. The summed E-state index contributed by atoms with van der Waals surface area (Å²) in [7, 11) is 0. The summed E-state index contributed by atoms with van der Waals surface area (Å²) in [6.07, 6.45) is 0.649. The molecule has 10 heavy (non-hydrogen) atoms. The minimum absolute atomic E-state index is 0.516. The lowest BCUT2D eigenvalue weighted by Gasteiger charge is -1.95. The fraction of sp³-hybridized carbons (Fsp3) is 0.125. The van der Waals surface area contributed by atoms with Crippen LogP contribution in [0.5, 0.6) is 0 Å². The van der Waals surface area contributed by atoms with E-state index >= 15 is 0 Å². The van der Waals surface area contributed by atoms with Gasteiger partial charge in [-0.3, -0.25) is 0 Å². The topological polar surface area (TPSA) is 26.0 Å². The van der Waals surface area contributed by atoms with Crippen LogP contribution in [0.15, 0.2) is 24.3 Å². The Labute approximate surface area is 65.9 Å². The van der Waals surface area contributed by atoms with Gasteiger partial charge in [0.25, 0.3) is 0 Å². The van der Waals surface area contributed by atoms with Gasteiger partial charge in [-0.25, -0.2) is 0 Å². The molecule has 0 amide bonds. The molecule has 2 heteroatoms. The average Bonchev–Trinajstić information content (AvgIpc) is 1.88. The maximum atomic E-state index is 5.34. The summed E-state index contributed by atoms with van der Waals surface area (Å²) in [5.74, 6) is 0. The van der Waals surface area contributed by atoms with E-state index in [9.17, 15) is 0 Å². The third-order valence-electron chi connectivity index (χ3n) is 1.14. The molecule has 0 unspecified atom stereocenters. The quantitative estimate of drug-likeness (QED) is 0.643. The second-order valence-electron chi connectivity index (χ2n) is 2.03. The van der Waals surface area contributed by atoms with Crippen LogP contribution in [0, 0.1) is 6.07 Å². The highest BCUT2D eigenvalue weighted by Gasteiger charge is 1.91. The molecule has 0 bridgehead atoms.